The molecule has 0 saturated heterocycles. The molecule has 2 aromatic rings. The summed E-state index contributed by atoms with van der Waals surface area (Å²) in [5.74, 6) is 0.398. The third kappa shape index (κ3) is 5.50. The minimum absolute atomic E-state index is 0. The number of nitrogens with one attached hydrogen (secondary N) is 1. The number of thiazole rings is 1. The van der Waals surface area contributed by atoms with E-state index >= 15 is 0 Å². The van der Waals surface area contributed by atoms with Crippen LogP contribution in [0.15, 0.2) is 34.6 Å². The highest BCUT2D eigenvalue weighted by molar-refractivity contribution is 14.0. The van der Waals surface area contributed by atoms with Crippen molar-refractivity contribution in [3.63, 3.8) is 0 Å². The summed E-state index contributed by atoms with van der Waals surface area (Å²) in [5.41, 5.74) is 8.92. The van der Waals surface area contributed by atoms with Gasteiger partial charge in [0, 0.05) is 25.2 Å². The number of guanidine groups is 1. The Morgan fingerprint density at radius 2 is 2.19 bits per heavy atom. The van der Waals surface area contributed by atoms with E-state index in [0.717, 1.165) is 16.5 Å². The lowest BCUT2D eigenvalue weighted by molar-refractivity contribution is 0.986. The summed E-state index contributed by atoms with van der Waals surface area (Å²) in [6.45, 7) is 2.52. The molecule has 0 fully saturated rings. The van der Waals surface area contributed by atoms with Crippen LogP contribution in [0, 0.1) is 6.92 Å². The van der Waals surface area contributed by atoms with Gasteiger partial charge in [-0.15, -0.1) is 35.3 Å². The van der Waals surface area contributed by atoms with Gasteiger partial charge in [-0.05, 0) is 24.6 Å². The van der Waals surface area contributed by atoms with Crippen molar-refractivity contribution in [3.05, 3.63) is 40.9 Å². The van der Waals surface area contributed by atoms with Crippen molar-refractivity contribution < 1.29 is 0 Å². The molecule has 0 spiro atoms. The number of benzene rings is 1. The molecule has 1 aromatic heterocycles. The number of nitrogens with zero attached hydrogens (tertiary/aromatic N) is 3. The fraction of sp³-hybridized carbons (Fsp3) is 0.286. The number of hydrogen-bond donors (Lipinski definition) is 2. The molecule has 0 radical (unpaired) electrons. The van der Waals surface area contributed by atoms with E-state index in [1.807, 2.05) is 55.6 Å². The molecule has 5 nitrogen and oxygen atoms in total. The van der Waals surface area contributed by atoms with Gasteiger partial charge in [-0.3, -0.25) is 0 Å². The van der Waals surface area contributed by atoms with Gasteiger partial charge in [0.2, 0.25) is 0 Å². The van der Waals surface area contributed by atoms with E-state index < -0.39 is 0 Å². The van der Waals surface area contributed by atoms with Crippen LogP contribution in [0.3, 0.4) is 0 Å². The highest BCUT2D eigenvalue weighted by Crippen LogP contribution is 2.18. The van der Waals surface area contributed by atoms with E-state index in [1.165, 1.54) is 5.56 Å². The molecule has 0 atom stereocenters. The summed E-state index contributed by atoms with van der Waals surface area (Å²) in [5, 5.41) is 6.05. The third-order valence-corrected chi connectivity index (χ3v) is 3.68. The first kappa shape index (κ1) is 17.7. The highest BCUT2D eigenvalue weighted by Gasteiger charge is 2.03. The molecular formula is C14H20IN5S. The Bertz CT molecular complexity index is 609. The van der Waals surface area contributed by atoms with E-state index in [9.17, 15) is 0 Å². The van der Waals surface area contributed by atoms with Crippen molar-refractivity contribution >= 4 is 52.1 Å². The van der Waals surface area contributed by atoms with Gasteiger partial charge in [-0.25, -0.2) is 9.98 Å². The number of rotatable bonds is 4. The minimum Gasteiger partial charge on any atom is -0.370 e. The minimum atomic E-state index is 0. The average molecular weight is 417 g/mol. The lowest BCUT2D eigenvalue weighted by Gasteiger charge is -2.06. The van der Waals surface area contributed by atoms with Crippen molar-refractivity contribution in [1.82, 2.24) is 4.98 Å². The van der Waals surface area contributed by atoms with E-state index in [4.69, 9.17) is 5.73 Å². The van der Waals surface area contributed by atoms with Crippen LogP contribution in [0.5, 0.6) is 0 Å². The first-order valence-corrected chi connectivity index (χ1v) is 7.18. The summed E-state index contributed by atoms with van der Waals surface area (Å²) >= 11 is 1.60. The Hall–Kier alpha value is -1.35. The van der Waals surface area contributed by atoms with Crippen LogP contribution in [-0.2, 0) is 6.54 Å². The maximum Gasteiger partial charge on any atom is 0.193 e. The molecule has 1 heterocycles. The van der Waals surface area contributed by atoms with Gasteiger partial charge in [0.1, 0.15) is 0 Å². The molecule has 0 aliphatic heterocycles. The maximum absolute atomic E-state index is 5.87. The number of anilines is 2. The highest BCUT2D eigenvalue weighted by atomic mass is 127. The van der Waals surface area contributed by atoms with Gasteiger partial charge in [-0.1, -0.05) is 12.1 Å². The molecule has 0 saturated carbocycles. The molecule has 1 aromatic carbocycles. The van der Waals surface area contributed by atoms with Crippen molar-refractivity contribution in [1.29, 1.82) is 0 Å². The predicted octanol–water partition coefficient (Wildman–Crippen LogP) is 3.06. The zero-order valence-corrected chi connectivity index (χ0v) is 15.5. The quantitative estimate of drug-likeness (QED) is 0.456. The fourth-order valence-electron chi connectivity index (χ4n) is 1.65. The summed E-state index contributed by atoms with van der Waals surface area (Å²) in [4.78, 5) is 10.7. The van der Waals surface area contributed by atoms with Gasteiger partial charge in [-0.2, -0.15) is 0 Å². The van der Waals surface area contributed by atoms with E-state index in [1.54, 1.807) is 11.3 Å². The van der Waals surface area contributed by atoms with Crippen LogP contribution in [0.25, 0.3) is 0 Å². The van der Waals surface area contributed by atoms with Crippen LogP contribution in [0.4, 0.5) is 10.8 Å². The summed E-state index contributed by atoms with van der Waals surface area (Å²) in [7, 11) is 3.94. The maximum atomic E-state index is 5.87. The van der Waals surface area contributed by atoms with Gasteiger partial charge in [0.05, 0.1) is 12.2 Å². The molecular weight excluding hydrogens is 397 g/mol. The standard InChI is InChI=1S/C14H19N5S.HI/c1-10-5-4-6-11(7-10)17-13(15)16-8-12-9-20-14(18-12)19(2)3;/h4-7,9H,8H2,1-3H3,(H3,15,16,17);1H. The molecule has 0 aliphatic rings. The second kappa shape index (κ2) is 8.18. The Balaban J connectivity index is 0.00000220. The van der Waals surface area contributed by atoms with Crippen molar-refractivity contribution in [2.24, 2.45) is 10.7 Å². The lowest BCUT2D eigenvalue weighted by Crippen LogP contribution is -2.22. The van der Waals surface area contributed by atoms with E-state index in [0.29, 0.717) is 12.5 Å². The van der Waals surface area contributed by atoms with Crippen molar-refractivity contribution in [2.75, 3.05) is 24.3 Å². The number of hydrogen-bond acceptors (Lipinski definition) is 4. The summed E-state index contributed by atoms with van der Waals surface area (Å²) in [6, 6.07) is 8.00. The Kier molecular flexibility index (Phi) is 6.90. The van der Waals surface area contributed by atoms with Crippen LogP contribution in [0.1, 0.15) is 11.3 Å². The van der Waals surface area contributed by atoms with Crippen molar-refractivity contribution in [3.8, 4) is 0 Å². The van der Waals surface area contributed by atoms with Crippen LogP contribution in [0.2, 0.25) is 0 Å². The fourth-order valence-corrected chi connectivity index (χ4v) is 2.40. The second-order valence-electron chi connectivity index (χ2n) is 4.71. The number of aromatic nitrogens is 1. The normalized spacial score (nSPS) is 10.9. The predicted molar refractivity (Wildman–Crippen MR) is 102 cm³/mol. The van der Waals surface area contributed by atoms with Gasteiger partial charge in [0.15, 0.2) is 11.1 Å². The zero-order chi connectivity index (χ0) is 14.5. The third-order valence-electron chi connectivity index (χ3n) is 2.62. The molecule has 0 bridgehead atoms. The molecule has 2 rings (SSSR count). The molecule has 3 N–H and O–H groups in total. The van der Waals surface area contributed by atoms with Gasteiger partial charge >= 0.3 is 0 Å². The Morgan fingerprint density at radius 3 is 2.81 bits per heavy atom. The molecule has 7 heteroatoms. The van der Waals surface area contributed by atoms with Crippen LogP contribution in [-0.4, -0.2) is 25.0 Å². The Morgan fingerprint density at radius 1 is 1.43 bits per heavy atom. The van der Waals surface area contributed by atoms with Crippen molar-refractivity contribution in [2.45, 2.75) is 13.5 Å². The average Bonchev–Trinajstić information content (AvgIpc) is 2.85. The van der Waals surface area contributed by atoms with Crippen LogP contribution < -0.4 is 16.0 Å². The topological polar surface area (TPSA) is 66.5 Å². The zero-order valence-electron chi connectivity index (χ0n) is 12.3. The van der Waals surface area contributed by atoms with E-state index in [2.05, 4.69) is 15.3 Å². The summed E-state index contributed by atoms with van der Waals surface area (Å²) < 4.78 is 0. The van der Waals surface area contributed by atoms with E-state index in [-0.39, 0.29) is 24.0 Å². The first-order chi connectivity index (χ1) is 9.54. The number of aliphatic imine (C=N–C) groups is 1. The smallest absolute Gasteiger partial charge is 0.193 e. The van der Waals surface area contributed by atoms with Gasteiger partial charge in [0.25, 0.3) is 0 Å². The first-order valence-electron chi connectivity index (χ1n) is 6.30. The molecule has 0 unspecified atom stereocenters. The second-order valence-corrected chi connectivity index (χ2v) is 5.55. The monoisotopic (exact) mass is 417 g/mol. The summed E-state index contributed by atoms with van der Waals surface area (Å²) in [6.07, 6.45) is 0. The van der Waals surface area contributed by atoms with Gasteiger partial charge < -0.3 is 16.0 Å². The molecule has 114 valence electrons. The number of nitrogens with two attached hydrogens (primary N) is 1. The lowest BCUT2D eigenvalue weighted by atomic mass is 10.2. The SMILES string of the molecule is Cc1cccc(NC(N)=NCc2csc(N(C)C)n2)c1.I. The number of aryl methyl sites for hydroxylation is 1. The molecule has 21 heavy (non-hydrogen) atoms. The molecule has 0 aliphatic carbocycles. The Labute approximate surface area is 146 Å². The van der Waals surface area contributed by atoms with Crippen LogP contribution >= 0.6 is 35.3 Å². The number of halogens is 1. The largest absolute Gasteiger partial charge is 0.370 e. The molecule has 0 amide bonds.